The fourth-order valence-electron chi connectivity index (χ4n) is 2.10. The smallest absolute Gasteiger partial charge is 0.312 e. The summed E-state index contributed by atoms with van der Waals surface area (Å²) in [5.41, 5.74) is 0.818. The molecule has 112 valence electrons. The van der Waals surface area contributed by atoms with Crippen molar-refractivity contribution in [1.82, 2.24) is 10.3 Å². The largest absolute Gasteiger partial charge is 0.481 e. The molecule has 2 atom stereocenters. The van der Waals surface area contributed by atoms with Crippen LogP contribution in [0.3, 0.4) is 0 Å². The van der Waals surface area contributed by atoms with E-state index in [1.54, 1.807) is 11.3 Å². The lowest BCUT2D eigenvalue weighted by atomic mass is 9.99. The van der Waals surface area contributed by atoms with Gasteiger partial charge in [-0.2, -0.15) is 0 Å². The number of carboxylic acid groups (broad SMARTS) is 1. The number of nitrogens with one attached hydrogen (secondary N) is 1. The van der Waals surface area contributed by atoms with E-state index in [0.29, 0.717) is 6.54 Å². The van der Waals surface area contributed by atoms with E-state index in [4.69, 9.17) is 0 Å². The van der Waals surface area contributed by atoms with Crippen LogP contribution in [0.4, 0.5) is 0 Å². The molecule has 1 aromatic heterocycles. The van der Waals surface area contributed by atoms with Gasteiger partial charge in [0, 0.05) is 17.6 Å². The van der Waals surface area contributed by atoms with Crippen LogP contribution < -0.4 is 5.32 Å². The van der Waals surface area contributed by atoms with Crippen LogP contribution in [0, 0.1) is 0 Å². The Morgan fingerprint density at radius 3 is 2.67 bits per heavy atom. The maximum atomic E-state index is 11.4. The zero-order valence-corrected chi connectivity index (χ0v) is 13.1. The van der Waals surface area contributed by atoms with Gasteiger partial charge < -0.3 is 10.4 Å². The summed E-state index contributed by atoms with van der Waals surface area (Å²) in [5.74, 6) is -1.35. The van der Waals surface area contributed by atoms with Crippen molar-refractivity contribution in [2.75, 3.05) is 6.54 Å². The first-order valence-corrected chi connectivity index (χ1v) is 7.89. The molecule has 1 heterocycles. The van der Waals surface area contributed by atoms with Crippen molar-refractivity contribution in [2.24, 2.45) is 0 Å². The zero-order chi connectivity index (χ0) is 15.2. The minimum Gasteiger partial charge on any atom is -0.481 e. The Morgan fingerprint density at radius 1 is 1.38 bits per heavy atom. The van der Waals surface area contributed by atoms with Gasteiger partial charge in [-0.25, -0.2) is 4.98 Å². The number of thiazole rings is 1. The van der Waals surface area contributed by atoms with Crippen molar-refractivity contribution in [1.29, 1.82) is 0 Å². The molecule has 0 aliphatic heterocycles. The minimum absolute atomic E-state index is 0.0564. The third-order valence-electron chi connectivity index (χ3n) is 3.42. The molecule has 0 radical (unpaired) electrons. The van der Waals surface area contributed by atoms with Crippen LogP contribution in [0.25, 0.3) is 0 Å². The Labute approximate surface area is 128 Å². The quantitative estimate of drug-likeness (QED) is 0.824. The monoisotopic (exact) mass is 304 g/mol. The summed E-state index contributed by atoms with van der Waals surface area (Å²) in [7, 11) is 0. The summed E-state index contributed by atoms with van der Waals surface area (Å²) in [6, 6.07) is 9.38. The van der Waals surface area contributed by atoms with Crippen LogP contribution in [0.15, 0.2) is 36.5 Å². The molecule has 21 heavy (non-hydrogen) atoms. The van der Waals surface area contributed by atoms with E-state index in [1.807, 2.05) is 43.5 Å². The second-order valence-corrected chi connectivity index (χ2v) is 6.10. The van der Waals surface area contributed by atoms with Gasteiger partial charge in [-0.1, -0.05) is 37.3 Å². The molecule has 0 amide bonds. The van der Waals surface area contributed by atoms with Crippen LogP contribution in [0.2, 0.25) is 0 Å². The van der Waals surface area contributed by atoms with Gasteiger partial charge in [0.25, 0.3) is 0 Å². The van der Waals surface area contributed by atoms with Crippen LogP contribution in [-0.2, 0) is 11.2 Å². The lowest BCUT2D eigenvalue weighted by Gasteiger charge is -2.17. The Hall–Kier alpha value is -1.72. The van der Waals surface area contributed by atoms with Crippen molar-refractivity contribution >= 4 is 17.3 Å². The topological polar surface area (TPSA) is 62.2 Å². The molecule has 0 saturated heterocycles. The van der Waals surface area contributed by atoms with Crippen molar-refractivity contribution < 1.29 is 9.90 Å². The highest BCUT2D eigenvalue weighted by atomic mass is 32.1. The predicted octanol–water partition coefficient (Wildman–Crippen LogP) is 3.22. The number of rotatable bonds is 7. The second kappa shape index (κ2) is 7.33. The summed E-state index contributed by atoms with van der Waals surface area (Å²) >= 11 is 1.68. The third-order valence-corrected chi connectivity index (χ3v) is 4.74. The second-order valence-electron chi connectivity index (χ2n) is 4.95. The normalized spacial score (nSPS) is 13.8. The maximum absolute atomic E-state index is 11.4. The SMILES string of the molecule is CCc1cnc(C(C)NCC(C(=O)O)c2ccccc2)s1. The highest BCUT2D eigenvalue weighted by Crippen LogP contribution is 2.22. The zero-order valence-electron chi connectivity index (χ0n) is 12.2. The highest BCUT2D eigenvalue weighted by molar-refractivity contribution is 7.11. The Bertz CT molecular complexity index is 583. The Balaban J connectivity index is 2.00. The van der Waals surface area contributed by atoms with Gasteiger partial charge in [0.15, 0.2) is 0 Å². The number of carbonyl (C=O) groups is 1. The number of hydrogen-bond acceptors (Lipinski definition) is 4. The van der Waals surface area contributed by atoms with E-state index >= 15 is 0 Å². The van der Waals surface area contributed by atoms with E-state index < -0.39 is 11.9 Å². The van der Waals surface area contributed by atoms with Crippen LogP contribution in [0.1, 0.15) is 41.3 Å². The minimum atomic E-state index is -0.811. The van der Waals surface area contributed by atoms with E-state index in [9.17, 15) is 9.90 Å². The highest BCUT2D eigenvalue weighted by Gasteiger charge is 2.21. The molecule has 0 aliphatic rings. The van der Waals surface area contributed by atoms with Gasteiger partial charge in [-0.3, -0.25) is 4.79 Å². The van der Waals surface area contributed by atoms with Gasteiger partial charge >= 0.3 is 5.97 Å². The number of aromatic nitrogens is 1. The molecule has 4 nitrogen and oxygen atoms in total. The van der Waals surface area contributed by atoms with Gasteiger partial charge in [0.05, 0.1) is 12.0 Å². The summed E-state index contributed by atoms with van der Waals surface area (Å²) in [6.07, 6.45) is 2.87. The summed E-state index contributed by atoms with van der Waals surface area (Å²) < 4.78 is 0. The first-order valence-electron chi connectivity index (χ1n) is 7.07. The number of aryl methyl sites for hydroxylation is 1. The Morgan fingerprint density at radius 2 is 2.10 bits per heavy atom. The van der Waals surface area contributed by atoms with Crippen LogP contribution in [0.5, 0.6) is 0 Å². The Kier molecular flexibility index (Phi) is 5.47. The summed E-state index contributed by atoms with van der Waals surface area (Å²) in [6.45, 7) is 4.51. The molecule has 0 spiro atoms. The molecule has 0 bridgehead atoms. The molecular weight excluding hydrogens is 284 g/mol. The number of benzene rings is 1. The van der Waals surface area contributed by atoms with Crippen molar-refractivity contribution in [3.63, 3.8) is 0 Å². The van der Waals surface area contributed by atoms with Crippen molar-refractivity contribution in [3.8, 4) is 0 Å². The first-order chi connectivity index (χ1) is 10.1. The molecule has 1 aromatic carbocycles. The molecule has 0 aliphatic carbocycles. The summed E-state index contributed by atoms with van der Waals surface area (Å²) in [4.78, 5) is 17.1. The van der Waals surface area contributed by atoms with E-state index in [-0.39, 0.29) is 6.04 Å². The molecule has 0 saturated carbocycles. The first kappa shape index (κ1) is 15.7. The molecular formula is C16H20N2O2S. The van der Waals surface area contributed by atoms with E-state index in [1.165, 1.54) is 4.88 Å². The number of nitrogens with zero attached hydrogens (tertiary/aromatic N) is 1. The lowest BCUT2D eigenvalue weighted by molar-refractivity contribution is -0.138. The maximum Gasteiger partial charge on any atom is 0.312 e. The van der Waals surface area contributed by atoms with Crippen LogP contribution in [-0.4, -0.2) is 22.6 Å². The number of carboxylic acids is 1. The number of hydrogen-bond donors (Lipinski definition) is 2. The van der Waals surface area contributed by atoms with E-state index in [2.05, 4.69) is 17.2 Å². The molecule has 2 unspecified atom stereocenters. The standard InChI is InChI=1S/C16H20N2O2S/c1-3-13-9-18-15(21-13)11(2)17-10-14(16(19)20)12-7-5-4-6-8-12/h4-9,11,14,17H,3,10H2,1-2H3,(H,19,20). The van der Waals surface area contributed by atoms with Crippen LogP contribution >= 0.6 is 11.3 Å². The van der Waals surface area contributed by atoms with Gasteiger partial charge in [0.2, 0.25) is 0 Å². The van der Waals surface area contributed by atoms with Crippen molar-refractivity contribution in [3.05, 3.63) is 52.0 Å². The molecule has 5 heteroatoms. The summed E-state index contributed by atoms with van der Waals surface area (Å²) in [5, 5.41) is 13.7. The molecule has 2 aromatic rings. The van der Waals surface area contributed by atoms with Gasteiger partial charge in [0.1, 0.15) is 5.01 Å². The average molecular weight is 304 g/mol. The predicted molar refractivity (Wildman–Crippen MR) is 84.7 cm³/mol. The third kappa shape index (κ3) is 4.12. The fraction of sp³-hybridized carbons (Fsp3) is 0.375. The van der Waals surface area contributed by atoms with Gasteiger partial charge in [-0.05, 0) is 18.9 Å². The molecule has 2 rings (SSSR count). The number of aliphatic carboxylic acids is 1. The molecule has 0 fully saturated rings. The molecule has 2 N–H and O–H groups in total. The average Bonchev–Trinajstić information content (AvgIpc) is 2.97. The lowest BCUT2D eigenvalue weighted by Crippen LogP contribution is -2.28. The van der Waals surface area contributed by atoms with E-state index in [0.717, 1.165) is 17.0 Å². The van der Waals surface area contributed by atoms with Gasteiger partial charge in [-0.15, -0.1) is 11.3 Å². The van der Waals surface area contributed by atoms with Crippen molar-refractivity contribution in [2.45, 2.75) is 32.2 Å². The fourth-order valence-corrected chi connectivity index (χ4v) is 2.99.